The molecule has 0 saturated carbocycles. The fraction of sp³-hybridized carbons (Fsp3) is 0.389. The molecule has 0 aliphatic carbocycles. The molecule has 0 spiro atoms. The second kappa shape index (κ2) is 6.47. The lowest BCUT2D eigenvalue weighted by Crippen LogP contribution is -2.41. The van der Waals surface area contributed by atoms with E-state index >= 15 is 0 Å². The zero-order valence-corrected chi connectivity index (χ0v) is 14.9. The van der Waals surface area contributed by atoms with Crippen molar-refractivity contribution in [2.75, 3.05) is 5.32 Å². The summed E-state index contributed by atoms with van der Waals surface area (Å²) in [6, 6.07) is 9.64. The van der Waals surface area contributed by atoms with Crippen LogP contribution in [0.2, 0.25) is 0 Å². The van der Waals surface area contributed by atoms with E-state index in [-0.39, 0.29) is 0 Å². The van der Waals surface area contributed by atoms with Crippen LogP contribution in [0.4, 0.5) is 5.82 Å². The van der Waals surface area contributed by atoms with Gasteiger partial charge in [-0.15, -0.1) is 0 Å². The summed E-state index contributed by atoms with van der Waals surface area (Å²) in [5.41, 5.74) is 1.20. The number of anilines is 1. The van der Waals surface area contributed by atoms with Gasteiger partial charge in [0.15, 0.2) is 0 Å². The molecule has 1 aliphatic heterocycles. The van der Waals surface area contributed by atoms with Gasteiger partial charge in [-0.05, 0) is 45.9 Å². The number of nitrogens with zero attached hydrogens (tertiary/aromatic N) is 3. The SMILES string of the molecule is CC1(C)OB(c2cnc(NCc3ccccn3)c(C#N)c2)OC1(C)C. The molecule has 1 aliphatic rings. The third-order valence-corrected chi connectivity index (χ3v) is 4.72. The van der Waals surface area contributed by atoms with Gasteiger partial charge >= 0.3 is 7.12 Å². The monoisotopic (exact) mass is 336 g/mol. The van der Waals surface area contributed by atoms with E-state index in [2.05, 4.69) is 21.4 Å². The molecule has 0 radical (unpaired) electrons. The van der Waals surface area contributed by atoms with Crippen molar-refractivity contribution in [2.24, 2.45) is 0 Å². The maximum Gasteiger partial charge on any atom is 0.496 e. The number of nitriles is 1. The Balaban J connectivity index is 1.78. The minimum absolute atomic E-state index is 0.430. The molecule has 1 N–H and O–H groups in total. The lowest BCUT2D eigenvalue weighted by atomic mass is 9.79. The third kappa shape index (κ3) is 3.50. The maximum atomic E-state index is 9.46. The summed E-state index contributed by atoms with van der Waals surface area (Å²) in [6.45, 7) is 8.48. The van der Waals surface area contributed by atoms with Gasteiger partial charge in [0.1, 0.15) is 11.9 Å². The average Bonchev–Trinajstić information content (AvgIpc) is 2.81. The van der Waals surface area contributed by atoms with Crippen molar-refractivity contribution < 1.29 is 9.31 Å². The Morgan fingerprint density at radius 1 is 1.16 bits per heavy atom. The highest BCUT2D eigenvalue weighted by atomic mass is 16.7. The molecule has 3 heterocycles. The molecule has 1 saturated heterocycles. The van der Waals surface area contributed by atoms with Crippen LogP contribution in [0, 0.1) is 11.3 Å². The molecule has 0 atom stereocenters. The summed E-state index contributed by atoms with van der Waals surface area (Å²) in [7, 11) is -0.533. The number of pyridine rings is 2. The third-order valence-electron chi connectivity index (χ3n) is 4.72. The van der Waals surface area contributed by atoms with Gasteiger partial charge in [-0.3, -0.25) is 4.98 Å². The minimum Gasteiger partial charge on any atom is -0.399 e. The van der Waals surface area contributed by atoms with Gasteiger partial charge in [-0.25, -0.2) is 4.98 Å². The number of hydrogen-bond acceptors (Lipinski definition) is 6. The van der Waals surface area contributed by atoms with E-state index in [1.807, 2.05) is 45.9 Å². The second-order valence-electron chi connectivity index (χ2n) is 7.04. The Kier molecular flexibility index (Phi) is 4.50. The van der Waals surface area contributed by atoms with Crippen LogP contribution in [0.5, 0.6) is 0 Å². The first kappa shape index (κ1) is 17.4. The highest BCUT2D eigenvalue weighted by Gasteiger charge is 2.51. The quantitative estimate of drug-likeness (QED) is 0.863. The van der Waals surface area contributed by atoms with Gasteiger partial charge < -0.3 is 14.6 Å². The predicted octanol–water partition coefficient (Wildman–Crippen LogP) is 2.26. The minimum atomic E-state index is -0.533. The number of hydrogen-bond donors (Lipinski definition) is 1. The van der Waals surface area contributed by atoms with E-state index in [1.54, 1.807) is 18.5 Å². The van der Waals surface area contributed by atoms with E-state index < -0.39 is 18.3 Å². The normalized spacial score (nSPS) is 18.0. The predicted molar refractivity (Wildman–Crippen MR) is 96.2 cm³/mol. The van der Waals surface area contributed by atoms with Gasteiger partial charge in [0, 0.05) is 17.9 Å². The summed E-state index contributed by atoms with van der Waals surface area (Å²) in [5, 5.41) is 12.6. The van der Waals surface area contributed by atoms with Gasteiger partial charge in [0.05, 0.1) is 29.0 Å². The summed E-state index contributed by atoms with van der Waals surface area (Å²) in [4.78, 5) is 8.63. The van der Waals surface area contributed by atoms with Crippen LogP contribution in [0.3, 0.4) is 0 Å². The molecule has 3 rings (SSSR count). The first-order valence-corrected chi connectivity index (χ1v) is 8.22. The van der Waals surface area contributed by atoms with Gasteiger partial charge in [0.25, 0.3) is 0 Å². The molecule has 2 aromatic rings. The lowest BCUT2D eigenvalue weighted by Gasteiger charge is -2.32. The van der Waals surface area contributed by atoms with Crippen molar-refractivity contribution in [3.63, 3.8) is 0 Å². The fourth-order valence-corrected chi connectivity index (χ4v) is 2.49. The second-order valence-corrected chi connectivity index (χ2v) is 7.04. The summed E-state index contributed by atoms with van der Waals surface area (Å²) in [6.07, 6.45) is 3.42. The lowest BCUT2D eigenvalue weighted by molar-refractivity contribution is 0.00578. The van der Waals surface area contributed by atoms with E-state index in [1.165, 1.54) is 0 Å². The van der Waals surface area contributed by atoms with Crippen LogP contribution in [0.1, 0.15) is 39.0 Å². The summed E-state index contributed by atoms with van der Waals surface area (Å²) in [5.74, 6) is 0.522. The van der Waals surface area contributed by atoms with Crippen molar-refractivity contribution in [3.8, 4) is 6.07 Å². The van der Waals surface area contributed by atoms with Crippen molar-refractivity contribution in [3.05, 3.63) is 47.9 Å². The largest absolute Gasteiger partial charge is 0.496 e. The molecule has 0 bridgehead atoms. The average molecular weight is 336 g/mol. The van der Waals surface area contributed by atoms with Crippen LogP contribution >= 0.6 is 0 Å². The Morgan fingerprint density at radius 3 is 2.48 bits per heavy atom. The molecule has 0 amide bonds. The number of rotatable bonds is 4. The summed E-state index contributed by atoms with van der Waals surface area (Å²) < 4.78 is 12.0. The Bertz CT molecular complexity index is 786. The number of nitrogens with one attached hydrogen (secondary N) is 1. The molecule has 1 fully saturated rings. The highest BCUT2D eigenvalue weighted by Crippen LogP contribution is 2.36. The van der Waals surface area contributed by atoms with E-state index in [0.717, 1.165) is 11.2 Å². The zero-order valence-electron chi connectivity index (χ0n) is 14.9. The van der Waals surface area contributed by atoms with Crippen molar-refractivity contribution in [2.45, 2.75) is 45.4 Å². The Labute approximate surface area is 148 Å². The van der Waals surface area contributed by atoms with Crippen molar-refractivity contribution in [1.29, 1.82) is 5.26 Å². The van der Waals surface area contributed by atoms with E-state index in [4.69, 9.17) is 9.31 Å². The van der Waals surface area contributed by atoms with Crippen LogP contribution in [-0.2, 0) is 15.9 Å². The van der Waals surface area contributed by atoms with Crippen LogP contribution < -0.4 is 10.8 Å². The zero-order chi connectivity index (χ0) is 18.1. The van der Waals surface area contributed by atoms with E-state index in [9.17, 15) is 5.26 Å². The molecule has 7 heteroatoms. The number of aromatic nitrogens is 2. The molecular formula is C18H21BN4O2. The molecule has 6 nitrogen and oxygen atoms in total. The smallest absolute Gasteiger partial charge is 0.399 e. The Morgan fingerprint density at radius 2 is 1.88 bits per heavy atom. The standard InChI is InChI=1S/C18H21BN4O2/c1-17(2)18(3,4)25-19(24-17)14-9-13(10-20)16(22-11-14)23-12-15-7-5-6-8-21-15/h5-9,11H,12H2,1-4H3,(H,22,23). The van der Waals surface area contributed by atoms with Crippen molar-refractivity contribution in [1.82, 2.24) is 9.97 Å². The van der Waals surface area contributed by atoms with Crippen LogP contribution in [0.15, 0.2) is 36.7 Å². The van der Waals surface area contributed by atoms with E-state index in [0.29, 0.717) is 17.9 Å². The molecule has 25 heavy (non-hydrogen) atoms. The van der Waals surface area contributed by atoms with Gasteiger partial charge in [0.2, 0.25) is 0 Å². The fourth-order valence-electron chi connectivity index (χ4n) is 2.49. The van der Waals surface area contributed by atoms with Crippen molar-refractivity contribution >= 4 is 18.4 Å². The van der Waals surface area contributed by atoms with Crippen LogP contribution in [0.25, 0.3) is 0 Å². The molecule has 2 aromatic heterocycles. The highest BCUT2D eigenvalue weighted by molar-refractivity contribution is 6.62. The topological polar surface area (TPSA) is 80.1 Å². The Hall–Kier alpha value is -2.43. The van der Waals surface area contributed by atoms with Gasteiger partial charge in [-0.1, -0.05) is 6.07 Å². The first-order chi connectivity index (χ1) is 11.8. The molecular weight excluding hydrogens is 315 g/mol. The molecule has 128 valence electrons. The van der Waals surface area contributed by atoms with Crippen LogP contribution in [-0.4, -0.2) is 28.3 Å². The summed E-state index contributed by atoms with van der Waals surface area (Å²) >= 11 is 0. The maximum absolute atomic E-state index is 9.46. The molecule has 0 unspecified atom stereocenters. The first-order valence-electron chi connectivity index (χ1n) is 8.22. The van der Waals surface area contributed by atoms with Gasteiger partial charge in [-0.2, -0.15) is 5.26 Å². The molecule has 0 aromatic carbocycles.